The van der Waals surface area contributed by atoms with Gasteiger partial charge in [-0.15, -0.1) is 11.8 Å². The van der Waals surface area contributed by atoms with Gasteiger partial charge in [-0.05, 0) is 40.5 Å². The number of alkyl halides is 3. The van der Waals surface area contributed by atoms with E-state index in [2.05, 4.69) is 15.0 Å². The number of imidazole rings is 1. The zero-order valence-corrected chi connectivity index (χ0v) is 16.1. The molecule has 25 heavy (non-hydrogen) atoms. The topological polar surface area (TPSA) is 63.8 Å². The molecular weight excluding hydrogens is 468 g/mol. The van der Waals surface area contributed by atoms with E-state index in [9.17, 15) is 18.3 Å². The molecule has 5 nitrogen and oxygen atoms in total. The van der Waals surface area contributed by atoms with E-state index in [1.165, 1.54) is 11.8 Å². The van der Waals surface area contributed by atoms with E-state index < -0.39 is 11.9 Å². The molecule has 0 aliphatic rings. The van der Waals surface area contributed by atoms with E-state index in [0.29, 0.717) is 25.6 Å². The molecule has 0 atom stereocenters. The fraction of sp³-hybridized carbons (Fsp3) is 0.267. The maximum absolute atomic E-state index is 12.9. The molecule has 0 amide bonds. The number of nitrogens with zero attached hydrogens (tertiary/aromatic N) is 4. The van der Waals surface area contributed by atoms with E-state index >= 15 is 0 Å². The molecule has 0 spiro atoms. The van der Waals surface area contributed by atoms with Gasteiger partial charge in [0.05, 0.1) is 17.2 Å². The van der Waals surface area contributed by atoms with Crippen molar-refractivity contribution in [3.05, 3.63) is 27.7 Å². The maximum atomic E-state index is 12.9. The van der Waals surface area contributed by atoms with Gasteiger partial charge in [0.25, 0.3) is 0 Å². The van der Waals surface area contributed by atoms with Crippen LogP contribution < -0.4 is 0 Å². The van der Waals surface area contributed by atoms with Crippen molar-refractivity contribution >= 4 is 45.4 Å². The first kappa shape index (κ1) is 18.2. The van der Waals surface area contributed by atoms with Gasteiger partial charge in [0, 0.05) is 11.9 Å². The first-order valence-electron chi connectivity index (χ1n) is 7.14. The standard InChI is InChI=1S/C15H12F3IN4OS/c1-3-25-10-5-9(24)13(19)22-12(10)14-21-7-4-11(15(16,17)18)20-6-8(7)23(14)2/h4-6,24H,3H2,1-2H3. The summed E-state index contributed by atoms with van der Waals surface area (Å²) in [6, 6.07) is 2.52. The van der Waals surface area contributed by atoms with Crippen molar-refractivity contribution in [1.82, 2.24) is 19.5 Å². The molecule has 0 radical (unpaired) electrons. The normalized spacial score (nSPS) is 12.1. The summed E-state index contributed by atoms with van der Waals surface area (Å²) in [4.78, 5) is 12.9. The van der Waals surface area contributed by atoms with Crippen LogP contribution in [0.3, 0.4) is 0 Å². The number of aryl methyl sites for hydroxylation is 1. The molecule has 0 unspecified atom stereocenters. The lowest BCUT2D eigenvalue weighted by Gasteiger charge is -2.09. The number of rotatable bonds is 3. The van der Waals surface area contributed by atoms with Crippen LogP contribution in [0.15, 0.2) is 23.2 Å². The summed E-state index contributed by atoms with van der Waals surface area (Å²) < 4.78 is 40.6. The molecule has 3 aromatic heterocycles. The fourth-order valence-electron chi connectivity index (χ4n) is 2.34. The minimum atomic E-state index is -4.53. The minimum Gasteiger partial charge on any atom is -0.505 e. The molecule has 0 fully saturated rings. The minimum absolute atomic E-state index is 0.0556. The van der Waals surface area contributed by atoms with Crippen LogP contribution in [-0.2, 0) is 13.2 Å². The van der Waals surface area contributed by atoms with Gasteiger partial charge in [0.1, 0.15) is 20.8 Å². The highest BCUT2D eigenvalue weighted by molar-refractivity contribution is 14.1. The zero-order valence-electron chi connectivity index (χ0n) is 13.1. The number of fused-ring (bicyclic) bond motifs is 1. The predicted molar refractivity (Wildman–Crippen MR) is 97.5 cm³/mol. The van der Waals surface area contributed by atoms with Gasteiger partial charge in [-0.25, -0.2) is 15.0 Å². The Morgan fingerprint density at radius 3 is 2.64 bits per heavy atom. The van der Waals surface area contributed by atoms with Gasteiger partial charge < -0.3 is 9.67 Å². The third kappa shape index (κ3) is 3.41. The Kier molecular flexibility index (Phi) is 4.84. The summed E-state index contributed by atoms with van der Waals surface area (Å²) in [6.07, 6.45) is -3.37. The average molecular weight is 480 g/mol. The Morgan fingerprint density at radius 2 is 2.00 bits per heavy atom. The Labute approximate surface area is 158 Å². The van der Waals surface area contributed by atoms with Gasteiger partial charge in [0.2, 0.25) is 0 Å². The summed E-state index contributed by atoms with van der Waals surface area (Å²) in [6.45, 7) is 1.96. The summed E-state index contributed by atoms with van der Waals surface area (Å²) in [5.41, 5.74) is 0.194. The Balaban J connectivity index is 2.23. The van der Waals surface area contributed by atoms with E-state index in [1.807, 2.05) is 29.5 Å². The molecule has 3 heterocycles. The van der Waals surface area contributed by atoms with Crippen molar-refractivity contribution in [1.29, 1.82) is 0 Å². The van der Waals surface area contributed by atoms with Crippen LogP contribution in [0.5, 0.6) is 5.75 Å². The zero-order chi connectivity index (χ0) is 18.4. The predicted octanol–water partition coefficient (Wildman–Crippen LogP) is 4.47. The van der Waals surface area contributed by atoms with Crippen LogP contribution in [0.1, 0.15) is 12.6 Å². The highest BCUT2D eigenvalue weighted by Gasteiger charge is 2.33. The molecule has 3 aromatic rings. The van der Waals surface area contributed by atoms with E-state index in [4.69, 9.17) is 0 Å². The number of pyridine rings is 2. The number of thioether (sulfide) groups is 1. The third-order valence-corrected chi connectivity index (χ3v) is 5.20. The molecule has 0 bridgehead atoms. The van der Waals surface area contributed by atoms with Crippen LogP contribution in [0.2, 0.25) is 0 Å². The number of halogens is 4. The molecule has 0 saturated heterocycles. The molecule has 0 aromatic carbocycles. The molecule has 0 aliphatic carbocycles. The van der Waals surface area contributed by atoms with Gasteiger partial charge in [-0.3, -0.25) is 0 Å². The van der Waals surface area contributed by atoms with Crippen molar-refractivity contribution < 1.29 is 18.3 Å². The second-order valence-electron chi connectivity index (χ2n) is 5.13. The Morgan fingerprint density at radius 1 is 1.28 bits per heavy atom. The summed E-state index contributed by atoms with van der Waals surface area (Å²) in [5, 5.41) is 9.89. The van der Waals surface area contributed by atoms with Gasteiger partial charge >= 0.3 is 6.18 Å². The summed E-state index contributed by atoms with van der Waals surface area (Å²) in [7, 11) is 1.70. The highest BCUT2D eigenvalue weighted by Crippen LogP contribution is 2.36. The van der Waals surface area contributed by atoms with Crippen LogP contribution in [0, 0.1) is 3.70 Å². The van der Waals surface area contributed by atoms with Crippen molar-refractivity contribution in [2.24, 2.45) is 7.05 Å². The monoisotopic (exact) mass is 480 g/mol. The quantitative estimate of drug-likeness (QED) is 0.341. The summed E-state index contributed by atoms with van der Waals surface area (Å²) >= 11 is 3.37. The lowest BCUT2D eigenvalue weighted by molar-refractivity contribution is -0.141. The molecule has 10 heteroatoms. The first-order valence-corrected chi connectivity index (χ1v) is 9.21. The molecule has 1 N–H and O–H groups in total. The fourth-order valence-corrected chi connectivity index (χ4v) is 3.52. The number of aromatic nitrogens is 4. The van der Waals surface area contributed by atoms with Gasteiger partial charge in [0.15, 0.2) is 5.82 Å². The SMILES string of the molecule is CCSc1cc(O)c(I)nc1-c1nc2cc(C(F)(F)F)ncc2n1C. The van der Waals surface area contributed by atoms with Crippen molar-refractivity contribution in [2.75, 3.05) is 5.75 Å². The van der Waals surface area contributed by atoms with Crippen molar-refractivity contribution in [2.45, 2.75) is 18.0 Å². The molecule has 132 valence electrons. The van der Waals surface area contributed by atoms with E-state index in [0.717, 1.165) is 18.0 Å². The second-order valence-corrected chi connectivity index (χ2v) is 7.46. The number of hydrogen-bond acceptors (Lipinski definition) is 5. The Hall–Kier alpha value is -1.56. The summed E-state index contributed by atoms with van der Waals surface area (Å²) in [5.74, 6) is 1.23. The van der Waals surface area contributed by atoms with Gasteiger partial charge in [-0.1, -0.05) is 6.92 Å². The lowest BCUT2D eigenvalue weighted by Crippen LogP contribution is -2.07. The smallest absolute Gasteiger partial charge is 0.433 e. The molecular formula is C15H12F3IN4OS. The van der Waals surface area contributed by atoms with Crippen LogP contribution in [0.4, 0.5) is 13.2 Å². The largest absolute Gasteiger partial charge is 0.505 e. The average Bonchev–Trinajstić information content (AvgIpc) is 2.86. The molecule has 0 aliphatic heterocycles. The maximum Gasteiger partial charge on any atom is 0.433 e. The number of aromatic hydroxyl groups is 1. The Bertz CT molecular complexity index is 958. The van der Waals surface area contributed by atoms with E-state index in [-0.39, 0.29) is 11.3 Å². The first-order chi connectivity index (χ1) is 11.7. The highest BCUT2D eigenvalue weighted by atomic mass is 127. The van der Waals surface area contributed by atoms with Crippen LogP contribution in [-0.4, -0.2) is 30.4 Å². The van der Waals surface area contributed by atoms with Crippen LogP contribution >= 0.6 is 34.4 Å². The van der Waals surface area contributed by atoms with Crippen molar-refractivity contribution in [3.8, 4) is 17.3 Å². The van der Waals surface area contributed by atoms with E-state index in [1.54, 1.807) is 17.7 Å². The molecule has 3 rings (SSSR count). The van der Waals surface area contributed by atoms with Crippen LogP contribution in [0.25, 0.3) is 22.6 Å². The third-order valence-electron chi connectivity index (χ3n) is 3.49. The lowest BCUT2D eigenvalue weighted by atomic mass is 10.3. The number of hydrogen-bond donors (Lipinski definition) is 1. The van der Waals surface area contributed by atoms with Crippen molar-refractivity contribution in [3.63, 3.8) is 0 Å². The molecule has 0 saturated carbocycles. The second kappa shape index (κ2) is 6.63. The van der Waals surface area contributed by atoms with Gasteiger partial charge in [-0.2, -0.15) is 13.2 Å².